The predicted molar refractivity (Wildman–Crippen MR) is 115 cm³/mol. The summed E-state index contributed by atoms with van der Waals surface area (Å²) in [6, 6.07) is 7.54. The van der Waals surface area contributed by atoms with E-state index < -0.39 is 0 Å². The normalized spacial score (nSPS) is 17.1. The highest BCUT2D eigenvalue weighted by Crippen LogP contribution is 2.32. The van der Waals surface area contributed by atoms with Crippen molar-refractivity contribution >= 4 is 34.4 Å². The lowest BCUT2D eigenvalue weighted by Gasteiger charge is -2.26. The molecular weight excluding hydrogens is 408 g/mol. The van der Waals surface area contributed by atoms with Gasteiger partial charge in [0.1, 0.15) is 0 Å². The predicted octanol–water partition coefficient (Wildman–Crippen LogP) is 1.03. The molecular formula is C20H23ClN6O3. The summed E-state index contributed by atoms with van der Waals surface area (Å²) in [7, 11) is 1.67. The fraction of sp³-hybridized carbons (Fsp3) is 0.450. The average Bonchev–Trinajstić information content (AvgIpc) is 3.32. The minimum Gasteiger partial charge on any atom is -0.379 e. The molecule has 0 bridgehead atoms. The molecule has 1 saturated heterocycles. The Morgan fingerprint density at radius 3 is 2.67 bits per heavy atom. The number of fused-ring (bicyclic) bond motifs is 3. The maximum atomic E-state index is 13.3. The summed E-state index contributed by atoms with van der Waals surface area (Å²) >= 11 is 6.16. The number of imidazole rings is 1. The zero-order chi connectivity index (χ0) is 20.8. The third-order valence-corrected chi connectivity index (χ3v) is 6.10. The van der Waals surface area contributed by atoms with Crippen LogP contribution in [0.15, 0.2) is 33.9 Å². The molecule has 0 aliphatic carbocycles. The molecule has 2 aliphatic heterocycles. The second-order valence-corrected chi connectivity index (χ2v) is 8.06. The van der Waals surface area contributed by atoms with E-state index in [0.29, 0.717) is 61.5 Å². The molecule has 1 fully saturated rings. The molecule has 0 spiro atoms. The van der Waals surface area contributed by atoms with Gasteiger partial charge < -0.3 is 14.2 Å². The highest BCUT2D eigenvalue weighted by molar-refractivity contribution is 6.30. The molecule has 0 unspecified atom stereocenters. The molecule has 4 heterocycles. The van der Waals surface area contributed by atoms with Gasteiger partial charge in [-0.3, -0.25) is 18.8 Å². The first-order valence-corrected chi connectivity index (χ1v) is 10.5. The first-order chi connectivity index (χ1) is 14.5. The summed E-state index contributed by atoms with van der Waals surface area (Å²) < 4.78 is 10.1. The highest BCUT2D eigenvalue weighted by atomic mass is 35.5. The molecule has 2 aliphatic rings. The van der Waals surface area contributed by atoms with E-state index in [4.69, 9.17) is 16.3 Å². The number of rotatable bonds is 4. The Morgan fingerprint density at radius 1 is 1.10 bits per heavy atom. The molecule has 30 heavy (non-hydrogen) atoms. The van der Waals surface area contributed by atoms with Crippen molar-refractivity contribution in [2.24, 2.45) is 7.05 Å². The lowest BCUT2D eigenvalue weighted by atomic mass is 10.3. The second kappa shape index (κ2) is 7.57. The molecule has 158 valence electrons. The van der Waals surface area contributed by atoms with E-state index in [0.717, 1.165) is 18.8 Å². The van der Waals surface area contributed by atoms with Gasteiger partial charge in [-0.25, -0.2) is 4.79 Å². The van der Waals surface area contributed by atoms with Gasteiger partial charge in [0.05, 0.1) is 13.2 Å². The average molecular weight is 431 g/mol. The topological polar surface area (TPSA) is 77.5 Å². The zero-order valence-electron chi connectivity index (χ0n) is 16.8. The van der Waals surface area contributed by atoms with Crippen LogP contribution in [0.2, 0.25) is 5.02 Å². The monoisotopic (exact) mass is 430 g/mol. The second-order valence-electron chi connectivity index (χ2n) is 7.62. The van der Waals surface area contributed by atoms with Gasteiger partial charge in [-0.05, 0) is 18.2 Å². The van der Waals surface area contributed by atoms with Crippen LogP contribution in [-0.2, 0) is 24.9 Å². The summed E-state index contributed by atoms with van der Waals surface area (Å²) in [6.07, 6.45) is 0. The summed E-state index contributed by atoms with van der Waals surface area (Å²) in [5.41, 5.74) is 1.17. The minimum atomic E-state index is -0.341. The number of nitrogens with zero attached hydrogens (tertiary/aromatic N) is 6. The zero-order valence-corrected chi connectivity index (χ0v) is 17.5. The Hall–Kier alpha value is -2.62. The van der Waals surface area contributed by atoms with E-state index in [1.54, 1.807) is 7.05 Å². The van der Waals surface area contributed by atoms with Crippen molar-refractivity contribution in [3.63, 3.8) is 0 Å². The Balaban J connectivity index is 1.56. The molecule has 10 heteroatoms. The van der Waals surface area contributed by atoms with E-state index in [-0.39, 0.29) is 11.2 Å². The van der Waals surface area contributed by atoms with E-state index >= 15 is 0 Å². The molecule has 5 rings (SSSR count). The Morgan fingerprint density at radius 2 is 1.90 bits per heavy atom. The number of anilines is 2. The van der Waals surface area contributed by atoms with Gasteiger partial charge in [0.25, 0.3) is 5.56 Å². The van der Waals surface area contributed by atoms with Gasteiger partial charge in [0.2, 0.25) is 5.95 Å². The molecule has 0 atom stereocenters. The van der Waals surface area contributed by atoms with Crippen molar-refractivity contribution in [2.75, 3.05) is 44.3 Å². The van der Waals surface area contributed by atoms with Crippen molar-refractivity contribution in [1.82, 2.24) is 23.6 Å². The quantitative estimate of drug-likeness (QED) is 0.615. The number of halogens is 1. The van der Waals surface area contributed by atoms with E-state index in [1.165, 1.54) is 9.13 Å². The number of aromatic nitrogens is 4. The lowest BCUT2D eigenvalue weighted by Crippen LogP contribution is -2.44. The smallest absolute Gasteiger partial charge is 0.332 e. The van der Waals surface area contributed by atoms with Crippen molar-refractivity contribution < 1.29 is 4.74 Å². The van der Waals surface area contributed by atoms with Gasteiger partial charge >= 0.3 is 5.69 Å². The molecule has 1 aromatic carbocycles. The number of hydrogen-bond acceptors (Lipinski definition) is 6. The fourth-order valence-electron chi connectivity index (χ4n) is 4.23. The Labute approximate surface area is 177 Å². The fourth-order valence-corrected chi connectivity index (χ4v) is 4.41. The van der Waals surface area contributed by atoms with Crippen molar-refractivity contribution in [3.05, 3.63) is 50.1 Å². The van der Waals surface area contributed by atoms with E-state index in [1.807, 2.05) is 33.7 Å². The van der Waals surface area contributed by atoms with Crippen LogP contribution in [0.3, 0.4) is 0 Å². The lowest BCUT2D eigenvalue weighted by molar-refractivity contribution is 0.0361. The number of hydrogen-bond donors (Lipinski definition) is 0. The van der Waals surface area contributed by atoms with E-state index in [2.05, 4.69) is 9.88 Å². The first kappa shape index (κ1) is 19.3. The molecule has 3 aromatic rings. The van der Waals surface area contributed by atoms with Crippen LogP contribution in [0.1, 0.15) is 0 Å². The van der Waals surface area contributed by atoms with Crippen molar-refractivity contribution in [2.45, 2.75) is 13.1 Å². The standard InChI is InChI=1S/C20H23ClN6O3/c1-23-17-16(18(28)27(20(23)29)6-5-24-9-11-30-12-10-24)26-8-7-25(19(26)22-17)15-4-2-3-14(21)13-15/h2-4,13H,5-12H2,1H3. The summed E-state index contributed by atoms with van der Waals surface area (Å²) in [5, 5.41) is 0.639. The summed E-state index contributed by atoms with van der Waals surface area (Å²) in [4.78, 5) is 35.1. The van der Waals surface area contributed by atoms with Crippen molar-refractivity contribution in [3.8, 4) is 0 Å². The summed E-state index contributed by atoms with van der Waals surface area (Å²) in [5.74, 6) is 0.658. The van der Waals surface area contributed by atoms with Crippen LogP contribution < -0.4 is 16.1 Å². The number of benzene rings is 1. The number of morpholine rings is 1. The minimum absolute atomic E-state index is 0.284. The maximum Gasteiger partial charge on any atom is 0.332 e. The molecule has 9 nitrogen and oxygen atoms in total. The van der Waals surface area contributed by atoms with Crippen LogP contribution in [0, 0.1) is 0 Å². The van der Waals surface area contributed by atoms with Gasteiger partial charge in [-0.2, -0.15) is 4.98 Å². The number of aryl methyl sites for hydroxylation is 1. The van der Waals surface area contributed by atoms with E-state index in [9.17, 15) is 9.59 Å². The molecule has 0 saturated carbocycles. The van der Waals surface area contributed by atoms with Crippen LogP contribution in [0.4, 0.5) is 11.6 Å². The number of ether oxygens (including phenoxy) is 1. The van der Waals surface area contributed by atoms with Gasteiger partial charge in [-0.15, -0.1) is 0 Å². The van der Waals surface area contributed by atoms with Crippen LogP contribution >= 0.6 is 11.6 Å². The van der Waals surface area contributed by atoms with Crippen LogP contribution in [-0.4, -0.2) is 63.0 Å². The molecule has 0 amide bonds. The van der Waals surface area contributed by atoms with Crippen LogP contribution in [0.25, 0.3) is 11.2 Å². The highest BCUT2D eigenvalue weighted by Gasteiger charge is 2.29. The Kier molecular flexibility index (Phi) is 4.88. The van der Waals surface area contributed by atoms with Crippen molar-refractivity contribution in [1.29, 1.82) is 0 Å². The molecule has 0 radical (unpaired) electrons. The summed E-state index contributed by atoms with van der Waals surface area (Å²) in [6.45, 7) is 5.29. The maximum absolute atomic E-state index is 13.3. The van der Waals surface area contributed by atoms with Crippen LogP contribution in [0.5, 0.6) is 0 Å². The van der Waals surface area contributed by atoms with Gasteiger partial charge in [0, 0.05) is 57.0 Å². The largest absolute Gasteiger partial charge is 0.379 e. The Bertz CT molecular complexity index is 1220. The van der Waals surface area contributed by atoms with Gasteiger partial charge in [0.15, 0.2) is 11.2 Å². The first-order valence-electron chi connectivity index (χ1n) is 10.1. The third-order valence-electron chi connectivity index (χ3n) is 5.86. The third kappa shape index (κ3) is 3.13. The molecule has 2 aromatic heterocycles. The van der Waals surface area contributed by atoms with Gasteiger partial charge in [-0.1, -0.05) is 17.7 Å². The molecule has 0 N–H and O–H groups in total. The SMILES string of the molecule is Cn1c(=O)n(CCN2CCOCC2)c(=O)c2c1nc1n2CCN1c1cccc(Cl)c1.